The van der Waals surface area contributed by atoms with Crippen LogP contribution in [0.25, 0.3) is 0 Å². The monoisotopic (exact) mass is 192 g/mol. The molecule has 76 valence electrons. The molecule has 3 atom stereocenters. The highest BCUT2D eigenvalue weighted by Gasteiger charge is 2.64. The third kappa shape index (κ3) is 1.11. The van der Waals surface area contributed by atoms with Crippen LogP contribution in [0.1, 0.15) is 25.8 Å². The van der Waals surface area contributed by atoms with E-state index < -0.39 is 0 Å². The van der Waals surface area contributed by atoms with Gasteiger partial charge in [-0.3, -0.25) is 0 Å². The Morgan fingerprint density at radius 2 is 2.00 bits per heavy atom. The van der Waals surface area contributed by atoms with Crippen LogP contribution in [-0.4, -0.2) is 17.3 Å². The van der Waals surface area contributed by atoms with Crippen molar-refractivity contribution in [3.05, 3.63) is 35.9 Å². The van der Waals surface area contributed by atoms with Gasteiger partial charge in [0.2, 0.25) is 0 Å². The standard InChI is InChI=1S/C11H12O2.CH4/c12-9-6-7-11(10(9)13-11)8-4-2-1-3-5-8;/h1-5,9-10,12H,6-7H2;1H4/t9-,10+,11+;/m0./s1. The Kier molecular flexibility index (Phi) is 2.13. The van der Waals surface area contributed by atoms with E-state index in [0.29, 0.717) is 0 Å². The topological polar surface area (TPSA) is 32.8 Å². The summed E-state index contributed by atoms with van der Waals surface area (Å²) in [5, 5.41) is 9.54. The van der Waals surface area contributed by atoms with E-state index in [4.69, 9.17) is 4.74 Å². The second-order valence-electron chi connectivity index (χ2n) is 3.90. The van der Waals surface area contributed by atoms with Crippen LogP contribution in [0, 0.1) is 0 Å². The average molecular weight is 192 g/mol. The van der Waals surface area contributed by atoms with E-state index in [9.17, 15) is 5.11 Å². The maximum absolute atomic E-state index is 9.54. The van der Waals surface area contributed by atoms with Gasteiger partial charge in [-0.2, -0.15) is 0 Å². The van der Waals surface area contributed by atoms with Gasteiger partial charge in [-0.1, -0.05) is 37.8 Å². The first kappa shape index (κ1) is 9.69. The number of hydrogen-bond acceptors (Lipinski definition) is 2. The lowest BCUT2D eigenvalue weighted by atomic mass is 9.97. The Morgan fingerprint density at radius 1 is 1.29 bits per heavy atom. The van der Waals surface area contributed by atoms with Crippen LogP contribution in [0.3, 0.4) is 0 Å². The molecule has 0 amide bonds. The van der Waals surface area contributed by atoms with Crippen LogP contribution in [0.15, 0.2) is 30.3 Å². The van der Waals surface area contributed by atoms with Crippen molar-refractivity contribution < 1.29 is 9.84 Å². The molecular weight excluding hydrogens is 176 g/mol. The zero-order chi connectivity index (χ0) is 8.89. The highest BCUT2D eigenvalue weighted by atomic mass is 16.6. The minimum absolute atomic E-state index is 0. The molecule has 1 heterocycles. The molecule has 1 aliphatic heterocycles. The third-order valence-electron chi connectivity index (χ3n) is 3.16. The Morgan fingerprint density at radius 3 is 2.50 bits per heavy atom. The molecule has 2 heteroatoms. The lowest BCUT2D eigenvalue weighted by Gasteiger charge is -2.07. The fourth-order valence-electron chi connectivity index (χ4n) is 2.39. The fourth-order valence-corrected chi connectivity index (χ4v) is 2.39. The van der Waals surface area contributed by atoms with Crippen LogP contribution in [0.4, 0.5) is 0 Å². The van der Waals surface area contributed by atoms with Crippen molar-refractivity contribution in [2.24, 2.45) is 0 Å². The predicted molar refractivity (Wildman–Crippen MR) is 55.0 cm³/mol. The maximum atomic E-state index is 9.54. The molecular formula is C12H16O2. The van der Waals surface area contributed by atoms with E-state index in [-0.39, 0.29) is 25.2 Å². The van der Waals surface area contributed by atoms with Crippen LogP contribution < -0.4 is 0 Å². The van der Waals surface area contributed by atoms with E-state index in [1.54, 1.807) is 0 Å². The summed E-state index contributed by atoms with van der Waals surface area (Å²) in [5.74, 6) is 0. The third-order valence-corrected chi connectivity index (χ3v) is 3.16. The van der Waals surface area contributed by atoms with Crippen molar-refractivity contribution in [1.29, 1.82) is 0 Å². The molecule has 14 heavy (non-hydrogen) atoms. The van der Waals surface area contributed by atoms with Gasteiger partial charge >= 0.3 is 0 Å². The van der Waals surface area contributed by atoms with E-state index in [2.05, 4.69) is 12.1 Å². The summed E-state index contributed by atoms with van der Waals surface area (Å²) in [5.41, 5.74) is 1.09. The summed E-state index contributed by atoms with van der Waals surface area (Å²) in [7, 11) is 0. The van der Waals surface area contributed by atoms with E-state index >= 15 is 0 Å². The number of ether oxygens (including phenoxy) is 1. The van der Waals surface area contributed by atoms with Gasteiger partial charge in [0.25, 0.3) is 0 Å². The molecule has 2 nitrogen and oxygen atoms in total. The molecule has 0 bridgehead atoms. The lowest BCUT2D eigenvalue weighted by Crippen LogP contribution is -2.11. The van der Waals surface area contributed by atoms with Crippen molar-refractivity contribution in [2.75, 3.05) is 0 Å². The highest BCUT2D eigenvalue weighted by Crippen LogP contribution is 2.57. The largest absolute Gasteiger partial charge is 0.390 e. The van der Waals surface area contributed by atoms with Crippen molar-refractivity contribution in [2.45, 2.75) is 38.1 Å². The van der Waals surface area contributed by atoms with Gasteiger partial charge in [0.15, 0.2) is 0 Å². The molecule has 1 aliphatic carbocycles. The molecule has 0 unspecified atom stereocenters. The first-order valence-corrected chi connectivity index (χ1v) is 4.74. The highest BCUT2D eigenvalue weighted by molar-refractivity contribution is 5.32. The van der Waals surface area contributed by atoms with Crippen molar-refractivity contribution >= 4 is 0 Å². The molecule has 1 saturated heterocycles. The Hall–Kier alpha value is -0.860. The zero-order valence-electron chi connectivity index (χ0n) is 7.31. The number of fused-ring (bicyclic) bond motifs is 1. The molecule has 1 aromatic carbocycles. The number of rotatable bonds is 1. The van der Waals surface area contributed by atoms with Gasteiger partial charge in [0, 0.05) is 0 Å². The summed E-state index contributed by atoms with van der Waals surface area (Å²) in [6.45, 7) is 0. The molecule has 1 saturated carbocycles. The predicted octanol–water partition coefficient (Wildman–Crippen LogP) is 2.07. The fraction of sp³-hybridized carbons (Fsp3) is 0.500. The first-order chi connectivity index (χ1) is 6.33. The molecule has 1 aromatic rings. The zero-order valence-corrected chi connectivity index (χ0v) is 7.31. The number of aliphatic hydroxyl groups is 1. The number of benzene rings is 1. The summed E-state index contributed by atoms with van der Waals surface area (Å²) in [4.78, 5) is 0. The van der Waals surface area contributed by atoms with Crippen LogP contribution >= 0.6 is 0 Å². The summed E-state index contributed by atoms with van der Waals surface area (Å²) < 4.78 is 5.59. The molecule has 3 rings (SSSR count). The van der Waals surface area contributed by atoms with Crippen molar-refractivity contribution in [3.63, 3.8) is 0 Å². The molecule has 2 aliphatic rings. The minimum Gasteiger partial charge on any atom is -0.390 e. The second kappa shape index (κ2) is 3.07. The van der Waals surface area contributed by atoms with Crippen LogP contribution in [0.2, 0.25) is 0 Å². The number of hydrogen-bond donors (Lipinski definition) is 1. The Bertz CT molecular complexity index is 322. The second-order valence-corrected chi connectivity index (χ2v) is 3.90. The van der Waals surface area contributed by atoms with Crippen molar-refractivity contribution in [1.82, 2.24) is 0 Å². The van der Waals surface area contributed by atoms with E-state index in [1.165, 1.54) is 5.56 Å². The van der Waals surface area contributed by atoms with Gasteiger partial charge in [-0.25, -0.2) is 0 Å². The van der Waals surface area contributed by atoms with Crippen LogP contribution in [0.5, 0.6) is 0 Å². The summed E-state index contributed by atoms with van der Waals surface area (Å²) in [6.07, 6.45) is 1.65. The number of epoxide rings is 1. The van der Waals surface area contributed by atoms with Crippen LogP contribution in [-0.2, 0) is 10.3 Å². The van der Waals surface area contributed by atoms with Crippen molar-refractivity contribution in [3.8, 4) is 0 Å². The molecule has 2 fully saturated rings. The van der Waals surface area contributed by atoms with Gasteiger partial charge in [-0.05, 0) is 18.4 Å². The van der Waals surface area contributed by atoms with E-state index in [1.807, 2.05) is 18.2 Å². The lowest BCUT2D eigenvalue weighted by molar-refractivity contribution is 0.111. The van der Waals surface area contributed by atoms with Gasteiger partial charge in [-0.15, -0.1) is 0 Å². The molecule has 0 radical (unpaired) electrons. The first-order valence-electron chi connectivity index (χ1n) is 4.74. The smallest absolute Gasteiger partial charge is 0.122 e. The van der Waals surface area contributed by atoms with Gasteiger partial charge in [0.05, 0.1) is 6.10 Å². The van der Waals surface area contributed by atoms with Gasteiger partial charge in [0.1, 0.15) is 11.7 Å². The minimum atomic E-state index is -0.250. The summed E-state index contributed by atoms with van der Waals surface area (Å²) in [6, 6.07) is 10.2. The Labute approximate surface area is 84.5 Å². The van der Waals surface area contributed by atoms with Gasteiger partial charge < -0.3 is 9.84 Å². The molecule has 1 N–H and O–H groups in total. The number of aliphatic hydroxyl groups excluding tert-OH is 1. The average Bonchev–Trinajstić information content (AvgIpc) is 2.85. The molecule has 0 aromatic heterocycles. The SMILES string of the molecule is C.O[C@H]1CC[C@]2(c3ccccc3)O[C@H]12. The normalized spacial score (nSPS) is 38.6. The maximum Gasteiger partial charge on any atom is 0.122 e. The Balaban J connectivity index is 0.000000750. The van der Waals surface area contributed by atoms with E-state index in [0.717, 1.165) is 12.8 Å². The molecule has 0 spiro atoms. The summed E-state index contributed by atoms with van der Waals surface area (Å²) >= 11 is 0. The quantitative estimate of drug-likeness (QED) is 0.691.